The molecule has 4 aromatic rings. The Labute approximate surface area is 282 Å². The van der Waals surface area contributed by atoms with Crippen LogP contribution in [0.4, 0.5) is 15.8 Å². The summed E-state index contributed by atoms with van der Waals surface area (Å²) in [6.45, 7) is 0.145. The second-order valence-corrected chi connectivity index (χ2v) is 16.4. The van der Waals surface area contributed by atoms with Gasteiger partial charge in [-0.25, -0.2) is 18.7 Å². The number of carboxylic acid groups (broad SMARTS) is 1. The van der Waals surface area contributed by atoms with Gasteiger partial charge in [-0.15, -0.1) is 0 Å². The minimum absolute atomic E-state index is 0.145. The number of halogens is 1. The van der Waals surface area contributed by atoms with Crippen molar-refractivity contribution >= 4 is 38.7 Å². The van der Waals surface area contributed by atoms with Crippen LogP contribution in [0.25, 0.3) is 5.57 Å². The number of pyridine rings is 1. The van der Waals surface area contributed by atoms with Gasteiger partial charge in [-0.05, 0) is 93.9 Å². The van der Waals surface area contributed by atoms with Gasteiger partial charge in [0.15, 0.2) is 0 Å². The SMILES string of the molecule is CN(C)c1ccc2c(c1)S(C)(C)C1=CC(=[N+](C)C)C=CC1=C2c1cc(Cc2ccc(COc3cc(N)ccn3)cc2F)ccc1C(=O)O. The maximum Gasteiger partial charge on any atom is 0.336 e. The van der Waals surface area contributed by atoms with E-state index < -0.39 is 16.0 Å². The third-order valence-electron chi connectivity index (χ3n) is 8.84. The molecular formula is C39H40FN4O3S+. The third-order valence-corrected chi connectivity index (χ3v) is 11.7. The molecule has 6 rings (SSSR count). The molecule has 0 bridgehead atoms. The second kappa shape index (κ2) is 12.8. The van der Waals surface area contributed by atoms with E-state index in [0.29, 0.717) is 34.7 Å². The van der Waals surface area contributed by atoms with Gasteiger partial charge in [-0.2, -0.15) is 10.0 Å². The highest BCUT2D eigenvalue weighted by atomic mass is 32.3. The van der Waals surface area contributed by atoms with Crippen molar-refractivity contribution in [2.45, 2.75) is 17.9 Å². The summed E-state index contributed by atoms with van der Waals surface area (Å²) in [7, 11) is 6.63. The first-order valence-corrected chi connectivity index (χ1v) is 18.0. The van der Waals surface area contributed by atoms with Crippen molar-refractivity contribution in [2.24, 2.45) is 0 Å². The molecule has 3 N–H and O–H groups in total. The molecule has 0 saturated heterocycles. The van der Waals surface area contributed by atoms with Crippen LogP contribution in [0.1, 0.15) is 38.2 Å². The van der Waals surface area contributed by atoms with Crippen LogP contribution < -0.4 is 15.4 Å². The maximum absolute atomic E-state index is 15.5. The Morgan fingerprint density at radius 2 is 1.75 bits per heavy atom. The van der Waals surface area contributed by atoms with Crippen molar-refractivity contribution in [2.75, 3.05) is 51.3 Å². The van der Waals surface area contributed by atoms with Crippen LogP contribution in [-0.4, -0.2) is 67.0 Å². The number of nitrogens with zero attached hydrogens (tertiary/aromatic N) is 3. The van der Waals surface area contributed by atoms with Crippen LogP contribution in [0.3, 0.4) is 0 Å². The van der Waals surface area contributed by atoms with Crippen LogP contribution in [-0.2, 0) is 13.0 Å². The number of carboxylic acids is 1. The van der Waals surface area contributed by atoms with Crippen molar-refractivity contribution in [3.05, 3.63) is 141 Å². The fraction of sp³-hybridized carbons (Fsp3) is 0.205. The van der Waals surface area contributed by atoms with E-state index in [9.17, 15) is 9.90 Å². The molecule has 2 aliphatic rings. The van der Waals surface area contributed by atoms with Crippen molar-refractivity contribution < 1.29 is 23.6 Å². The summed E-state index contributed by atoms with van der Waals surface area (Å²) in [5.41, 5.74) is 14.2. The number of hydrogen-bond donors (Lipinski definition) is 2. The number of rotatable bonds is 8. The van der Waals surface area contributed by atoms with Crippen molar-refractivity contribution in [1.29, 1.82) is 0 Å². The Hall–Kier alpha value is -5.15. The highest BCUT2D eigenvalue weighted by molar-refractivity contribution is 8.36. The lowest BCUT2D eigenvalue weighted by Crippen LogP contribution is -2.20. The first-order chi connectivity index (χ1) is 22.8. The smallest absolute Gasteiger partial charge is 0.336 e. The summed E-state index contributed by atoms with van der Waals surface area (Å²) >= 11 is 0. The Morgan fingerprint density at radius 1 is 0.979 bits per heavy atom. The standard InChI is InChI=1S/C39H39FN4O3S/c1-43(2)28-10-13-31-35(21-28)48(5,6)36-22-29(44(3)4)11-14-32(36)38(31)33-18-24(8-12-30(33)39(45)46)17-26-9-7-25(19-34(26)40)23-47-37-20-27(41)15-16-42-37/h7-16,18-22H,17,23H2,1-6H3,(H2-,41,42,45,46)/p+1. The van der Waals surface area contributed by atoms with Gasteiger partial charge < -0.3 is 20.5 Å². The van der Waals surface area contributed by atoms with Gasteiger partial charge in [0.2, 0.25) is 11.6 Å². The van der Waals surface area contributed by atoms with Crippen LogP contribution in [0.2, 0.25) is 0 Å². The number of allylic oxidation sites excluding steroid dienone is 4. The number of benzene rings is 3. The molecule has 0 radical (unpaired) electrons. The number of nitrogens with two attached hydrogens (primary N) is 1. The fourth-order valence-electron chi connectivity index (χ4n) is 6.19. The van der Waals surface area contributed by atoms with E-state index in [1.54, 1.807) is 36.5 Å². The Bertz CT molecular complexity index is 2090. The molecule has 0 unspecified atom stereocenters. The Kier molecular flexibility index (Phi) is 8.74. The molecule has 1 aromatic heterocycles. The molecule has 3 aromatic carbocycles. The molecule has 2 heterocycles. The molecule has 0 saturated carbocycles. The summed E-state index contributed by atoms with van der Waals surface area (Å²) in [6, 6.07) is 20.1. The molecule has 0 amide bonds. The summed E-state index contributed by atoms with van der Waals surface area (Å²) in [4.78, 5) is 21.4. The number of carbonyl (C=O) groups is 1. The lowest BCUT2D eigenvalue weighted by atomic mass is 9.86. The zero-order valence-electron chi connectivity index (χ0n) is 28.0. The van der Waals surface area contributed by atoms with E-state index in [-0.39, 0.29) is 18.0 Å². The zero-order chi connectivity index (χ0) is 34.3. The third kappa shape index (κ3) is 6.25. The number of hydrogen-bond acceptors (Lipinski definition) is 5. The lowest BCUT2D eigenvalue weighted by molar-refractivity contribution is -0.462. The molecule has 246 valence electrons. The largest absolute Gasteiger partial charge is 0.478 e. The van der Waals surface area contributed by atoms with Gasteiger partial charge >= 0.3 is 5.97 Å². The van der Waals surface area contributed by atoms with E-state index in [4.69, 9.17) is 10.5 Å². The number of aromatic nitrogens is 1. The monoisotopic (exact) mass is 663 g/mol. The number of fused-ring (bicyclic) bond motifs is 2. The number of anilines is 2. The van der Waals surface area contributed by atoms with Crippen molar-refractivity contribution in [3.63, 3.8) is 0 Å². The summed E-state index contributed by atoms with van der Waals surface area (Å²) in [6.07, 6.45) is 12.9. The molecule has 0 spiro atoms. The highest BCUT2D eigenvalue weighted by Crippen LogP contribution is 2.66. The van der Waals surface area contributed by atoms with Gasteiger partial charge in [-0.3, -0.25) is 0 Å². The van der Waals surface area contributed by atoms with E-state index in [1.165, 1.54) is 15.9 Å². The topological polar surface area (TPSA) is 91.7 Å². The Morgan fingerprint density at radius 3 is 2.44 bits per heavy atom. The van der Waals surface area contributed by atoms with Gasteiger partial charge in [0.05, 0.1) is 5.56 Å². The van der Waals surface area contributed by atoms with E-state index >= 15 is 4.39 Å². The van der Waals surface area contributed by atoms with Gasteiger partial charge in [0.25, 0.3) is 0 Å². The van der Waals surface area contributed by atoms with E-state index in [1.807, 2.05) is 40.3 Å². The summed E-state index contributed by atoms with van der Waals surface area (Å²) < 4.78 is 23.3. The average molecular weight is 664 g/mol. The molecule has 48 heavy (non-hydrogen) atoms. The van der Waals surface area contributed by atoms with E-state index in [2.05, 4.69) is 63.4 Å². The van der Waals surface area contributed by atoms with Crippen LogP contribution in [0.15, 0.2) is 107 Å². The molecule has 9 heteroatoms. The molecule has 0 atom stereocenters. The highest BCUT2D eigenvalue weighted by Gasteiger charge is 2.37. The fourth-order valence-corrected chi connectivity index (χ4v) is 8.70. The first-order valence-electron chi connectivity index (χ1n) is 15.6. The molecule has 7 nitrogen and oxygen atoms in total. The quantitative estimate of drug-likeness (QED) is 0.195. The first kappa shape index (κ1) is 32.8. The van der Waals surface area contributed by atoms with Crippen LogP contribution in [0.5, 0.6) is 5.88 Å². The Balaban J connectivity index is 1.43. The number of aromatic carboxylic acids is 1. The lowest BCUT2D eigenvalue weighted by Gasteiger charge is -2.43. The van der Waals surface area contributed by atoms with Gasteiger partial charge in [0.1, 0.15) is 26.5 Å². The van der Waals surface area contributed by atoms with E-state index in [0.717, 1.165) is 33.7 Å². The summed E-state index contributed by atoms with van der Waals surface area (Å²) in [5, 5.41) is 10.4. The molecule has 1 aliphatic heterocycles. The minimum Gasteiger partial charge on any atom is -0.478 e. The van der Waals surface area contributed by atoms with Crippen LogP contribution in [0, 0.1) is 5.82 Å². The normalized spacial score (nSPS) is 15.3. The average Bonchev–Trinajstić information content (AvgIpc) is 3.04. The van der Waals surface area contributed by atoms with Crippen molar-refractivity contribution in [3.8, 4) is 5.88 Å². The van der Waals surface area contributed by atoms with Crippen molar-refractivity contribution in [1.82, 2.24) is 4.98 Å². The van der Waals surface area contributed by atoms with Gasteiger partial charge in [-0.1, -0.05) is 24.3 Å². The predicted octanol–water partition coefficient (Wildman–Crippen LogP) is 7.14. The van der Waals surface area contributed by atoms with Gasteiger partial charge in [0, 0.05) is 66.1 Å². The molecule has 1 aliphatic carbocycles. The molecular weight excluding hydrogens is 624 g/mol. The number of nitrogen functional groups attached to an aromatic ring is 1. The zero-order valence-corrected chi connectivity index (χ0v) is 28.9. The maximum atomic E-state index is 15.5. The predicted molar refractivity (Wildman–Crippen MR) is 194 cm³/mol. The second-order valence-electron chi connectivity index (χ2n) is 12.9. The summed E-state index contributed by atoms with van der Waals surface area (Å²) in [5.74, 6) is -1.00. The van der Waals surface area contributed by atoms with Crippen LogP contribution >= 0.6 is 10.0 Å². The number of ether oxygens (including phenoxy) is 1. The minimum atomic E-state index is -1.47. The molecule has 0 fully saturated rings.